The molecular formula is C21H13F5. The van der Waals surface area contributed by atoms with E-state index in [9.17, 15) is 22.0 Å². The Labute approximate surface area is 147 Å². The summed E-state index contributed by atoms with van der Waals surface area (Å²) in [5.41, 5.74) is -1.18. The molecule has 0 aromatic heterocycles. The first-order chi connectivity index (χ1) is 12.4. The van der Waals surface area contributed by atoms with E-state index in [1.54, 1.807) is 19.1 Å². The number of hydrogen-bond acceptors (Lipinski definition) is 0. The zero-order valence-electron chi connectivity index (χ0n) is 13.8. The van der Waals surface area contributed by atoms with Crippen LogP contribution in [0.15, 0.2) is 36.4 Å². The van der Waals surface area contributed by atoms with Gasteiger partial charge in [0.05, 0.1) is 0 Å². The molecule has 26 heavy (non-hydrogen) atoms. The van der Waals surface area contributed by atoms with Crippen molar-refractivity contribution in [1.29, 1.82) is 0 Å². The van der Waals surface area contributed by atoms with Crippen molar-refractivity contribution >= 4 is 10.8 Å². The monoisotopic (exact) mass is 360 g/mol. The lowest BCUT2D eigenvalue weighted by molar-refractivity contribution is 0.435. The van der Waals surface area contributed by atoms with E-state index < -0.39 is 40.2 Å². The van der Waals surface area contributed by atoms with Crippen molar-refractivity contribution in [2.45, 2.75) is 19.8 Å². The van der Waals surface area contributed by atoms with Gasteiger partial charge in [-0.15, -0.1) is 0 Å². The Morgan fingerprint density at radius 2 is 1.35 bits per heavy atom. The van der Waals surface area contributed by atoms with Crippen molar-refractivity contribution in [2.24, 2.45) is 0 Å². The van der Waals surface area contributed by atoms with E-state index in [0.717, 1.165) is 0 Å². The smallest absolute Gasteiger partial charge is 0.177 e. The molecule has 0 nitrogen and oxygen atoms in total. The van der Waals surface area contributed by atoms with Gasteiger partial charge in [0, 0.05) is 11.1 Å². The van der Waals surface area contributed by atoms with E-state index in [0.29, 0.717) is 22.8 Å². The first-order valence-electron chi connectivity index (χ1n) is 7.98. The van der Waals surface area contributed by atoms with Crippen LogP contribution in [-0.2, 0) is 6.42 Å². The van der Waals surface area contributed by atoms with Crippen molar-refractivity contribution in [3.63, 3.8) is 0 Å². The second-order valence-corrected chi connectivity index (χ2v) is 5.82. The van der Waals surface area contributed by atoms with Crippen LogP contribution in [0.2, 0.25) is 0 Å². The molecule has 0 aliphatic heterocycles. The summed E-state index contributed by atoms with van der Waals surface area (Å²) in [6, 6.07) is 8.87. The summed E-state index contributed by atoms with van der Waals surface area (Å²) in [5.74, 6) is -1.54. The zero-order chi connectivity index (χ0) is 18.8. The lowest BCUT2D eigenvalue weighted by Crippen LogP contribution is -2.06. The van der Waals surface area contributed by atoms with E-state index in [-0.39, 0.29) is 6.42 Å². The first kappa shape index (κ1) is 17.9. The van der Waals surface area contributed by atoms with Crippen LogP contribution in [-0.4, -0.2) is 0 Å². The van der Waals surface area contributed by atoms with Crippen molar-refractivity contribution in [3.05, 3.63) is 82.2 Å². The fourth-order valence-corrected chi connectivity index (χ4v) is 2.69. The average Bonchev–Trinajstić information content (AvgIpc) is 2.63. The molecule has 3 aromatic rings. The van der Waals surface area contributed by atoms with Crippen molar-refractivity contribution in [3.8, 4) is 11.8 Å². The van der Waals surface area contributed by atoms with Gasteiger partial charge in [-0.2, -0.15) is 0 Å². The molecule has 132 valence electrons. The highest BCUT2D eigenvalue weighted by atomic mass is 19.2. The van der Waals surface area contributed by atoms with Crippen molar-refractivity contribution in [2.75, 3.05) is 0 Å². The van der Waals surface area contributed by atoms with Crippen molar-refractivity contribution in [1.82, 2.24) is 0 Å². The number of hydrogen-bond donors (Lipinski definition) is 0. The molecular weight excluding hydrogens is 347 g/mol. The molecule has 0 bridgehead atoms. The van der Waals surface area contributed by atoms with Crippen LogP contribution in [0.3, 0.4) is 0 Å². The molecule has 0 unspecified atom stereocenters. The first-order valence-corrected chi connectivity index (χ1v) is 7.98. The molecule has 0 radical (unpaired) electrons. The van der Waals surface area contributed by atoms with Gasteiger partial charge in [-0.3, -0.25) is 0 Å². The fourth-order valence-electron chi connectivity index (χ4n) is 2.69. The minimum atomic E-state index is -1.50. The summed E-state index contributed by atoms with van der Waals surface area (Å²) >= 11 is 0. The Kier molecular flexibility index (Phi) is 4.94. The van der Waals surface area contributed by atoms with Crippen LogP contribution in [0.4, 0.5) is 22.0 Å². The van der Waals surface area contributed by atoms with Crippen LogP contribution in [0.5, 0.6) is 0 Å². The highest BCUT2D eigenvalue weighted by Gasteiger charge is 2.23. The predicted molar refractivity (Wildman–Crippen MR) is 90.2 cm³/mol. The minimum absolute atomic E-state index is 0.111. The van der Waals surface area contributed by atoms with Gasteiger partial charge in [-0.1, -0.05) is 37.3 Å². The third-order valence-corrected chi connectivity index (χ3v) is 3.99. The summed E-state index contributed by atoms with van der Waals surface area (Å²) in [4.78, 5) is 0. The number of fused-ring (bicyclic) bond motifs is 1. The second kappa shape index (κ2) is 7.17. The van der Waals surface area contributed by atoms with E-state index in [4.69, 9.17) is 0 Å². The summed E-state index contributed by atoms with van der Waals surface area (Å²) in [5, 5.41) is 1.31. The molecule has 0 saturated carbocycles. The maximum atomic E-state index is 14.1. The molecule has 0 aliphatic carbocycles. The molecule has 0 N–H and O–H groups in total. The standard InChI is InChI=1S/C21H13F5/c1-2-3-16-18(23)20(25)17(21(26)19(16)24)9-5-12-4-6-14-11-15(22)8-7-13(14)10-12/h4,6-8,10-11H,2-3H2,1H3. The zero-order valence-corrected chi connectivity index (χ0v) is 13.8. The van der Waals surface area contributed by atoms with Gasteiger partial charge in [0.25, 0.3) is 0 Å². The molecule has 5 heteroatoms. The summed E-state index contributed by atoms with van der Waals surface area (Å²) in [6.07, 6.45) is 0.232. The van der Waals surface area contributed by atoms with Gasteiger partial charge in [-0.25, -0.2) is 22.0 Å². The van der Waals surface area contributed by atoms with Gasteiger partial charge in [0.1, 0.15) is 11.4 Å². The number of benzene rings is 3. The van der Waals surface area contributed by atoms with E-state index >= 15 is 0 Å². The molecule has 0 aliphatic rings. The molecule has 0 atom stereocenters. The Morgan fingerprint density at radius 1 is 0.731 bits per heavy atom. The van der Waals surface area contributed by atoms with E-state index in [1.807, 2.05) is 0 Å². The van der Waals surface area contributed by atoms with Crippen LogP contribution in [0, 0.1) is 40.9 Å². The summed E-state index contributed by atoms with van der Waals surface area (Å²) < 4.78 is 69.3. The van der Waals surface area contributed by atoms with Crippen LogP contribution < -0.4 is 0 Å². The highest BCUT2D eigenvalue weighted by molar-refractivity contribution is 5.84. The quantitative estimate of drug-likeness (QED) is 0.304. The number of halogens is 5. The van der Waals surface area contributed by atoms with Gasteiger partial charge in [-0.05, 0) is 41.5 Å². The largest absolute Gasteiger partial charge is 0.207 e. The Hall–Kier alpha value is -2.87. The van der Waals surface area contributed by atoms with Crippen LogP contribution >= 0.6 is 0 Å². The SMILES string of the molecule is CCCc1c(F)c(F)c(C#Cc2ccc3cc(F)ccc3c2)c(F)c1F. The molecule has 0 saturated heterocycles. The van der Waals surface area contributed by atoms with Crippen LogP contribution in [0.25, 0.3) is 10.8 Å². The predicted octanol–water partition coefficient (Wildman–Crippen LogP) is 5.89. The molecule has 3 rings (SSSR count). The lowest BCUT2D eigenvalue weighted by atomic mass is 10.0. The van der Waals surface area contributed by atoms with E-state index in [1.165, 1.54) is 24.3 Å². The van der Waals surface area contributed by atoms with Gasteiger partial charge in [0.15, 0.2) is 23.3 Å². The molecule has 0 amide bonds. The van der Waals surface area contributed by atoms with Gasteiger partial charge in [0.2, 0.25) is 0 Å². The summed E-state index contributed by atoms with van der Waals surface area (Å²) in [6.45, 7) is 1.65. The van der Waals surface area contributed by atoms with E-state index in [2.05, 4.69) is 11.8 Å². The number of rotatable bonds is 2. The molecule has 0 fully saturated rings. The maximum Gasteiger partial charge on any atom is 0.177 e. The molecule has 3 aromatic carbocycles. The normalized spacial score (nSPS) is 10.7. The maximum absolute atomic E-state index is 14.1. The highest BCUT2D eigenvalue weighted by Crippen LogP contribution is 2.25. The molecule has 0 heterocycles. The minimum Gasteiger partial charge on any atom is -0.207 e. The Balaban J connectivity index is 2.06. The van der Waals surface area contributed by atoms with Gasteiger partial charge < -0.3 is 0 Å². The Morgan fingerprint density at radius 3 is 2.00 bits per heavy atom. The molecule has 0 spiro atoms. The second-order valence-electron chi connectivity index (χ2n) is 5.82. The Bertz CT molecular complexity index is 1030. The third-order valence-electron chi connectivity index (χ3n) is 3.99. The topological polar surface area (TPSA) is 0 Å². The summed E-state index contributed by atoms with van der Waals surface area (Å²) in [7, 11) is 0. The van der Waals surface area contributed by atoms with Crippen LogP contribution in [0.1, 0.15) is 30.0 Å². The van der Waals surface area contributed by atoms with Gasteiger partial charge >= 0.3 is 0 Å². The van der Waals surface area contributed by atoms with Crippen molar-refractivity contribution < 1.29 is 22.0 Å². The third kappa shape index (κ3) is 3.28. The average molecular weight is 360 g/mol. The fraction of sp³-hybridized carbons (Fsp3) is 0.143. The lowest BCUT2D eigenvalue weighted by Gasteiger charge is -2.08.